The SMILES string of the molecule is NC(N)=NOCCCOc1ccc(CC(NS(=O)(=O)c2ccc(F)cc2)C(=O)O)cc1. The smallest absolute Gasteiger partial charge is 0.322 e. The molecule has 2 rings (SSSR count). The molecule has 0 aromatic heterocycles. The Balaban J connectivity index is 1.92. The largest absolute Gasteiger partial charge is 0.493 e. The van der Waals surface area contributed by atoms with E-state index in [1.54, 1.807) is 24.3 Å². The Morgan fingerprint density at radius 3 is 2.32 bits per heavy atom. The highest BCUT2D eigenvalue weighted by Crippen LogP contribution is 2.16. The van der Waals surface area contributed by atoms with Crippen LogP contribution in [0.5, 0.6) is 5.75 Å². The summed E-state index contributed by atoms with van der Waals surface area (Å²) in [6.45, 7) is 0.610. The molecule has 31 heavy (non-hydrogen) atoms. The van der Waals surface area contributed by atoms with Crippen molar-refractivity contribution in [1.82, 2.24) is 4.72 Å². The first-order valence-corrected chi connectivity index (χ1v) is 10.6. The van der Waals surface area contributed by atoms with E-state index in [2.05, 4.69) is 9.88 Å². The lowest BCUT2D eigenvalue weighted by atomic mass is 10.1. The third kappa shape index (κ3) is 8.10. The van der Waals surface area contributed by atoms with Crippen molar-refractivity contribution in [2.75, 3.05) is 13.2 Å². The van der Waals surface area contributed by atoms with E-state index in [-0.39, 0.29) is 23.9 Å². The van der Waals surface area contributed by atoms with Crippen LogP contribution in [0.1, 0.15) is 12.0 Å². The summed E-state index contributed by atoms with van der Waals surface area (Å²) >= 11 is 0. The van der Waals surface area contributed by atoms with Gasteiger partial charge in [-0.05, 0) is 53.5 Å². The maximum Gasteiger partial charge on any atom is 0.322 e. The first-order chi connectivity index (χ1) is 14.7. The van der Waals surface area contributed by atoms with Gasteiger partial charge in [0.2, 0.25) is 16.0 Å². The number of hydrogen-bond donors (Lipinski definition) is 4. The van der Waals surface area contributed by atoms with Crippen LogP contribution < -0.4 is 20.9 Å². The van der Waals surface area contributed by atoms with Crippen LogP contribution in [0.15, 0.2) is 58.6 Å². The molecule has 0 aliphatic carbocycles. The van der Waals surface area contributed by atoms with Crippen molar-refractivity contribution >= 4 is 22.0 Å². The van der Waals surface area contributed by atoms with Gasteiger partial charge in [0.05, 0.1) is 11.5 Å². The molecule has 0 saturated carbocycles. The van der Waals surface area contributed by atoms with E-state index in [1.165, 1.54) is 0 Å². The quantitative estimate of drug-likeness (QED) is 0.158. The highest BCUT2D eigenvalue weighted by molar-refractivity contribution is 7.89. The van der Waals surface area contributed by atoms with Crippen molar-refractivity contribution < 1.29 is 32.3 Å². The number of oxime groups is 1. The predicted molar refractivity (Wildman–Crippen MR) is 110 cm³/mol. The Morgan fingerprint density at radius 2 is 1.74 bits per heavy atom. The van der Waals surface area contributed by atoms with Gasteiger partial charge in [0, 0.05) is 6.42 Å². The van der Waals surface area contributed by atoms with Crippen LogP contribution in [0, 0.1) is 5.82 Å². The molecule has 1 unspecified atom stereocenters. The van der Waals surface area contributed by atoms with Crippen molar-refractivity contribution in [3.05, 3.63) is 59.9 Å². The van der Waals surface area contributed by atoms with Crippen molar-refractivity contribution in [2.45, 2.75) is 23.8 Å². The zero-order chi connectivity index (χ0) is 22.9. The lowest BCUT2D eigenvalue weighted by molar-refractivity contribution is -0.138. The third-order valence-electron chi connectivity index (χ3n) is 3.90. The van der Waals surface area contributed by atoms with Gasteiger partial charge in [0.15, 0.2) is 0 Å². The van der Waals surface area contributed by atoms with E-state index in [1.807, 2.05) is 0 Å². The Labute approximate surface area is 178 Å². The first-order valence-electron chi connectivity index (χ1n) is 9.11. The van der Waals surface area contributed by atoms with Gasteiger partial charge in [0.25, 0.3) is 0 Å². The van der Waals surface area contributed by atoms with E-state index >= 15 is 0 Å². The summed E-state index contributed by atoms with van der Waals surface area (Å²) in [5, 5.41) is 12.8. The average molecular weight is 454 g/mol. The van der Waals surface area contributed by atoms with Crippen LogP contribution in [0.25, 0.3) is 0 Å². The fraction of sp³-hybridized carbons (Fsp3) is 0.263. The number of aliphatic carboxylic acids is 1. The number of rotatable bonds is 12. The molecule has 10 nitrogen and oxygen atoms in total. The second kappa shape index (κ2) is 11.1. The van der Waals surface area contributed by atoms with E-state index in [9.17, 15) is 22.7 Å². The predicted octanol–water partition coefficient (Wildman–Crippen LogP) is 0.774. The van der Waals surface area contributed by atoms with Crippen LogP contribution in [-0.4, -0.2) is 44.7 Å². The van der Waals surface area contributed by atoms with Gasteiger partial charge in [-0.15, -0.1) is 0 Å². The van der Waals surface area contributed by atoms with E-state index < -0.39 is 27.9 Å². The zero-order valence-electron chi connectivity index (χ0n) is 16.4. The van der Waals surface area contributed by atoms with Gasteiger partial charge in [-0.1, -0.05) is 12.1 Å². The number of carboxylic acids is 1. The number of nitrogens with zero attached hydrogens (tertiary/aromatic N) is 1. The van der Waals surface area contributed by atoms with Crippen LogP contribution in [0.3, 0.4) is 0 Å². The molecule has 0 heterocycles. The summed E-state index contributed by atoms with van der Waals surface area (Å²) in [7, 11) is -4.13. The lowest BCUT2D eigenvalue weighted by Crippen LogP contribution is -2.42. The van der Waals surface area contributed by atoms with Gasteiger partial charge in [-0.2, -0.15) is 4.72 Å². The number of carbonyl (C=O) groups is 1. The molecular formula is C19H23FN4O6S. The molecule has 6 N–H and O–H groups in total. The number of benzene rings is 2. The summed E-state index contributed by atoms with van der Waals surface area (Å²) in [6.07, 6.45) is 0.438. The molecule has 0 fully saturated rings. The normalized spacial score (nSPS) is 12.0. The molecule has 1 atom stereocenters. The fourth-order valence-electron chi connectivity index (χ4n) is 2.44. The summed E-state index contributed by atoms with van der Waals surface area (Å²) < 4.78 is 45.4. The molecule has 12 heteroatoms. The molecule has 0 aliphatic rings. The molecule has 0 saturated heterocycles. The monoisotopic (exact) mass is 454 g/mol. The number of sulfonamides is 1. The standard InChI is InChI=1S/C19H23FN4O6S/c20-14-4-8-16(9-5-14)31(27,28)24-17(18(25)26)12-13-2-6-15(7-3-13)29-10-1-11-30-23-19(21)22/h2-9,17,24H,1,10-12H2,(H,25,26)(H4,21,22,23). The maximum absolute atomic E-state index is 13.0. The fourth-order valence-corrected chi connectivity index (χ4v) is 3.63. The summed E-state index contributed by atoms with van der Waals surface area (Å²) in [6, 6.07) is 9.22. The number of guanidine groups is 1. The second-order valence-electron chi connectivity index (χ2n) is 6.37. The minimum absolute atomic E-state index is 0.0948. The van der Waals surface area contributed by atoms with Crippen LogP contribution in [0.4, 0.5) is 4.39 Å². The van der Waals surface area contributed by atoms with Crippen LogP contribution in [-0.2, 0) is 26.1 Å². The second-order valence-corrected chi connectivity index (χ2v) is 8.08. The Bertz CT molecular complexity index is 993. The minimum Gasteiger partial charge on any atom is -0.493 e. The van der Waals surface area contributed by atoms with Gasteiger partial charge < -0.3 is 26.1 Å². The van der Waals surface area contributed by atoms with E-state index in [4.69, 9.17) is 21.0 Å². The molecule has 168 valence electrons. The van der Waals surface area contributed by atoms with Crippen molar-refractivity contribution in [2.24, 2.45) is 16.6 Å². The number of ether oxygens (including phenoxy) is 1. The number of halogens is 1. The number of nitrogens with one attached hydrogen (secondary N) is 1. The number of hydrogen-bond acceptors (Lipinski definition) is 6. The van der Waals surface area contributed by atoms with E-state index in [0.717, 1.165) is 24.3 Å². The summed E-state index contributed by atoms with van der Waals surface area (Å²) in [5.74, 6) is -1.57. The van der Waals surface area contributed by atoms with Crippen molar-refractivity contribution in [3.63, 3.8) is 0 Å². The van der Waals surface area contributed by atoms with Crippen LogP contribution in [0.2, 0.25) is 0 Å². The first kappa shape index (κ1) is 23.9. The third-order valence-corrected chi connectivity index (χ3v) is 5.39. The van der Waals surface area contributed by atoms with Crippen molar-refractivity contribution in [1.29, 1.82) is 0 Å². The van der Waals surface area contributed by atoms with Gasteiger partial charge >= 0.3 is 5.97 Å². The lowest BCUT2D eigenvalue weighted by Gasteiger charge is -2.15. The molecule has 0 bridgehead atoms. The van der Waals surface area contributed by atoms with Crippen molar-refractivity contribution in [3.8, 4) is 5.75 Å². The highest BCUT2D eigenvalue weighted by Gasteiger charge is 2.25. The minimum atomic E-state index is -4.13. The molecule has 0 spiro atoms. The number of nitrogens with two attached hydrogens (primary N) is 2. The molecule has 0 radical (unpaired) electrons. The van der Waals surface area contributed by atoms with E-state index in [0.29, 0.717) is 24.3 Å². The Morgan fingerprint density at radius 1 is 1.10 bits per heavy atom. The van der Waals surface area contributed by atoms with Crippen LogP contribution >= 0.6 is 0 Å². The van der Waals surface area contributed by atoms with Gasteiger partial charge in [-0.25, -0.2) is 12.8 Å². The Kier molecular flexibility index (Phi) is 8.58. The summed E-state index contributed by atoms with van der Waals surface area (Å²) in [5.41, 5.74) is 10.8. The average Bonchev–Trinajstić information content (AvgIpc) is 2.71. The number of carboxylic acid groups (broad SMARTS) is 1. The highest BCUT2D eigenvalue weighted by atomic mass is 32.2. The summed E-state index contributed by atoms with van der Waals surface area (Å²) in [4.78, 5) is 16.2. The molecule has 0 aliphatic heterocycles. The topological polar surface area (TPSA) is 166 Å². The van der Waals surface area contributed by atoms with Gasteiger partial charge in [0.1, 0.15) is 24.2 Å². The molecule has 0 amide bonds. The Hall–Kier alpha value is -3.38. The zero-order valence-corrected chi connectivity index (χ0v) is 17.2. The molecule has 2 aromatic rings. The van der Waals surface area contributed by atoms with Gasteiger partial charge in [-0.3, -0.25) is 4.79 Å². The molecule has 2 aromatic carbocycles. The molecular weight excluding hydrogens is 431 g/mol. The maximum atomic E-state index is 13.0.